The first kappa shape index (κ1) is 23.9. The van der Waals surface area contributed by atoms with E-state index in [1.165, 1.54) is 18.2 Å². The first-order valence-corrected chi connectivity index (χ1v) is 11.3. The summed E-state index contributed by atoms with van der Waals surface area (Å²) >= 11 is 0.743. The van der Waals surface area contributed by atoms with Gasteiger partial charge in [0.1, 0.15) is 12.3 Å². The lowest BCUT2D eigenvalue weighted by atomic mass is 10.2. The molecule has 2 aromatic carbocycles. The van der Waals surface area contributed by atoms with Gasteiger partial charge in [-0.1, -0.05) is 12.1 Å². The van der Waals surface area contributed by atoms with Crippen molar-refractivity contribution in [3.8, 4) is 11.5 Å². The Labute approximate surface area is 202 Å². The number of rotatable bonds is 7. The van der Waals surface area contributed by atoms with E-state index in [0.717, 1.165) is 47.7 Å². The van der Waals surface area contributed by atoms with Crippen LogP contribution in [0.4, 0.5) is 16.2 Å². The van der Waals surface area contributed by atoms with Crippen LogP contribution in [-0.4, -0.2) is 56.3 Å². The van der Waals surface area contributed by atoms with Crippen LogP contribution < -0.4 is 4.74 Å². The second-order valence-electron chi connectivity index (χ2n) is 7.69. The van der Waals surface area contributed by atoms with Crippen molar-refractivity contribution in [1.82, 2.24) is 9.80 Å². The second-order valence-corrected chi connectivity index (χ2v) is 8.69. The SMILES string of the molecule is O=C(CN1C(=O)S/C(=C\c2ccc(Oc3ccc([N+](=O)[O-])cc3[N+](=O)[O-])cc2)C1=O)N1CCCC1. The minimum atomic E-state index is -0.777. The highest BCUT2D eigenvalue weighted by molar-refractivity contribution is 8.18. The van der Waals surface area contributed by atoms with E-state index in [1.807, 2.05) is 0 Å². The van der Waals surface area contributed by atoms with Gasteiger partial charge in [-0.2, -0.15) is 0 Å². The molecule has 35 heavy (non-hydrogen) atoms. The summed E-state index contributed by atoms with van der Waals surface area (Å²) in [6, 6.07) is 9.21. The first-order chi connectivity index (χ1) is 16.7. The molecule has 0 aromatic heterocycles. The lowest BCUT2D eigenvalue weighted by molar-refractivity contribution is -0.394. The molecule has 0 saturated carbocycles. The van der Waals surface area contributed by atoms with Gasteiger partial charge in [0, 0.05) is 19.2 Å². The number of benzene rings is 2. The van der Waals surface area contributed by atoms with Crippen LogP contribution >= 0.6 is 11.8 Å². The Morgan fingerprint density at radius 2 is 1.71 bits per heavy atom. The average Bonchev–Trinajstić information content (AvgIpc) is 3.45. The maximum Gasteiger partial charge on any atom is 0.318 e. The maximum absolute atomic E-state index is 12.7. The summed E-state index contributed by atoms with van der Waals surface area (Å²) in [5.41, 5.74) is -0.428. The van der Waals surface area contributed by atoms with E-state index in [1.54, 1.807) is 17.0 Å². The molecule has 0 spiro atoms. The summed E-state index contributed by atoms with van der Waals surface area (Å²) in [4.78, 5) is 60.6. The molecule has 2 aliphatic rings. The van der Waals surface area contributed by atoms with Crippen molar-refractivity contribution in [3.63, 3.8) is 0 Å². The number of nitro benzene ring substituents is 2. The zero-order chi connectivity index (χ0) is 25.1. The molecule has 2 heterocycles. The zero-order valence-electron chi connectivity index (χ0n) is 18.1. The van der Waals surface area contributed by atoms with Crippen LogP contribution in [0.3, 0.4) is 0 Å². The molecular formula is C22H18N4O8S. The Balaban J connectivity index is 1.45. The van der Waals surface area contributed by atoms with E-state index in [9.17, 15) is 34.6 Å². The summed E-state index contributed by atoms with van der Waals surface area (Å²) in [6.45, 7) is 0.966. The van der Waals surface area contributed by atoms with Crippen molar-refractivity contribution in [2.45, 2.75) is 12.8 Å². The summed E-state index contributed by atoms with van der Waals surface area (Å²) < 4.78 is 5.52. The monoisotopic (exact) mass is 498 g/mol. The molecule has 2 saturated heterocycles. The van der Waals surface area contributed by atoms with Crippen LogP contribution in [-0.2, 0) is 9.59 Å². The lowest BCUT2D eigenvalue weighted by Crippen LogP contribution is -2.40. The van der Waals surface area contributed by atoms with Crippen LogP contribution in [0.25, 0.3) is 6.08 Å². The highest BCUT2D eigenvalue weighted by atomic mass is 32.2. The first-order valence-electron chi connectivity index (χ1n) is 10.5. The number of amides is 3. The van der Waals surface area contributed by atoms with Gasteiger partial charge < -0.3 is 9.64 Å². The molecule has 0 radical (unpaired) electrons. The molecule has 2 aromatic rings. The fraction of sp³-hybridized carbons (Fsp3) is 0.227. The fourth-order valence-corrected chi connectivity index (χ4v) is 4.44. The highest BCUT2D eigenvalue weighted by Gasteiger charge is 2.37. The molecule has 4 rings (SSSR count). The number of likely N-dealkylation sites (tertiary alicyclic amines) is 1. The van der Waals surface area contributed by atoms with E-state index in [0.29, 0.717) is 18.7 Å². The molecule has 0 aliphatic carbocycles. The topological polar surface area (TPSA) is 153 Å². The maximum atomic E-state index is 12.7. The van der Waals surface area contributed by atoms with E-state index >= 15 is 0 Å². The molecule has 0 unspecified atom stereocenters. The summed E-state index contributed by atoms with van der Waals surface area (Å²) in [6.07, 6.45) is 3.32. The number of hydrogen-bond acceptors (Lipinski definition) is 9. The number of carbonyl (C=O) groups excluding carboxylic acids is 3. The number of nitro groups is 2. The van der Waals surface area contributed by atoms with Gasteiger partial charge in [-0.05, 0) is 54.4 Å². The summed E-state index contributed by atoms with van der Waals surface area (Å²) in [5.74, 6) is -0.747. The van der Waals surface area contributed by atoms with Gasteiger partial charge in [0.2, 0.25) is 11.7 Å². The van der Waals surface area contributed by atoms with Crippen LogP contribution in [0.15, 0.2) is 47.4 Å². The van der Waals surface area contributed by atoms with Crippen molar-refractivity contribution < 1.29 is 29.0 Å². The third-order valence-electron chi connectivity index (χ3n) is 5.38. The normalized spacial score (nSPS) is 16.7. The molecule has 3 amide bonds. The van der Waals surface area contributed by atoms with Crippen molar-refractivity contribution in [2.24, 2.45) is 0 Å². The minimum Gasteiger partial charge on any atom is -0.450 e. The van der Waals surface area contributed by atoms with Gasteiger partial charge in [-0.3, -0.25) is 39.5 Å². The van der Waals surface area contributed by atoms with E-state index in [4.69, 9.17) is 4.74 Å². The number of thioether (sulfide) groups is 1. The Kier molecular flexibility index (Phi) is 6.78. The molecule has 2 aliphatic heterocycles. The number of imide groups is 1. The molecule has 12 nitrogen and oxygen atoms in total. The van der Waals surface area contributed by atoms with E-state index in [2.05, 4.69) is 0 Å². The van der Waals surface area contributed by atoms with Crippen LogP contribution in [0.5, 0.6) is 11.5 Å². The highest BCUT2D eigenvalue weighted by Crippen LogP contribution is 2.35. The number of non-ortho nitro benzene ring substituents is 1. The van der Waals surface area contributed by atoms with Crippen LogP contribution in [0.1, 0.15) is 18.4 Å². The Morgan fingerprint density at radius 1 is 1.03 bits per heavy atom. The number of ether oxygens (including phenoxy) is 1. The zero-order valence-corrected chi connectivity index (χ0v) is 18.9. The largest absolute Gasteiger partial charge is 0.450 e. The van der Waals surface area contributed by atoms with Crippen molar-refractivity contribution in [3.05, 3.63) is 73.2 Å². The third-order valence-corrected chi connectivity index (χ3v) is 6.29. The van der Waals surface area contributed by atoms with Crippen LogP contribution in [0, 0.1) is 20.2 Å². The predicted octanol–water partition coefficient (Wildman–Crippen LogP) is 3.95. The van der Waals surface area contributed by atoms with E-state index < -0.39 is 32.4 Å². The van der Waals surface area contributed by atoms with Gasteiger partial charge in [0.05, 0.1) is 20.8 Å². The van der Waals surface area contributed by atoms with Gasteiger partial charge in [-0.15, -0.1) is 0 Å². The van der Waals surface area contributed by atoms with Crippen molar-refractivity contribution in [1.29, 1.82) is 0 Å². The number of hydrogen-bond donors (Lipinski definition) is 0. The minimum absolute atomic E-state index is 0.169. The Morgan fingerprint density at radius 3 is 2.34 bits per heavy atom. The smallest absolute Gasteiger partial charge is 0.318 e. The van der Waals surface area contributed by atoms with Gasteiger partial charge >= 0.3 is 5.69 Å². The number of carbonyl (C=O) groups is 3. The Bertz CT molecular complexity index is 1250. The third kappa shape index (κ3) is 5.30. The Hall–Kier alpha value is -4.26. The molecule has 2 fully saturated rings. The molecule has 0 atom stereocenters. The quantitative estimate of drug-likeness (QED) is 0.313. The average molecular weight is 498 g/mol. The van der Waals surface area contributed by atoms with Crippen LogP contribution in [0.2, 0.25) is 0 Å². The summed E-state index contributed by atoms with van der Waals surface area (Å²) in [7, 11) is 0. The standard InChI is InChI=1S/C22H18N4O8S/c27-20(23-9-1-2-10-23)13-24-21(28)19(35-22(24)29)11-14-3-6-16(7-4-14)34-18-8-5-15(25(30)31)12-17(18)26(32)33/h3-8,11-12H,1-2,9-10,13H2/b19-11-. The van der Waals surface area contributed by atoms with Gasteiger partial charge in [0.25, 0.3) is 16.8 Å². The molecular weight excluding hydrogens is 480 g/mol. The van der Waals surface area contributed by atoms with Crippen molar-refractivity contribution in [2.75, 3.05) is 19.6 Å². The summed E-state index contributed by atoms with van der Waals surface area (Å²) in [5, 5.41) is 21.6. The van der Waals surface area contributed by atoms with E-state index in [-0.39, 0.29) is 28.9 Å². The number of nitrogens with zero attached hydrogens (tertiary/aromatic N) is 4. The molecule has 0 N–H and O–H groups in total. The predicted molar refractivity (Wildman–Crippen MR) is 125 cm³/mol. The molecule has 13 heteroatoms. The fourth-order valence-electron chi connectivity index (χ4n) is 3.60. The molecule has 0 bridgehead atoms. The second kappa shape index (κ2) is 9.93. The molecule has 180 valence electrons. The lowest BCUT2D eigenvalue weighted by Gasteiger charge is -2.18. The van der Waals surface area contributed by atoms with Gasteiger partial charge in [-0.25, -0.2) is 0 Å². The van der Waals surface area contributed by atoms with Gasteiger partial charge in [0.15, 0.2) is 0 Å². The van der Waals surface area contributed by atoms with Crippen molar-refractivity contribution >= 4 is 46.3 Å².